The summed E-state index contributed by atoms with van der Waals surface area (Å²) in [6, 6.07) is 14.1. The zero-order chi connectivity index (χ0) is 10.7. The zero-order valence-corrected chi connectivity index (χ0v) is 8.94. The Hall–Kier alpha value is -1.34. The van der Waals surface area contributed by atoms with E-state index in [4.69, 9.17) is 0 Å². The molecule has 0 saturated carbocycles. The van der Waals surface area contributed by atoms with Gasteiger partial charge in [-0.05, 0) is 28.8 Å². The Labute approximate surface area is 90.4 Å². The highest BCUT2D eigenvalue weighted by Crippen LogP contribution is 2.23. The molecular weight excluding hydrogens is 184 g/mol. The Balaban J connectivity index is 2.38. The van der Waals surface area contributed by atoms with Crippen molar-refractivity contribution in [2.24, 2.45) is 0 Å². The van der Waals surface area contributed by atoms with Gasteiger partial charge in [-0.1, -0.05) is 49.7 Å². The predicted octanol–water partition coefficient (Wildman–Crippen LogP) is 4.11. The Morgan fingerprint density at radius 2 is 1.80 bits per heavy atom. The van der Waals surface area contributed by atoms with Crippen LogP contribution in [0.2, 0.25) is 0 Å². The van der Waals surface area contributed by atoms with Gasteiger partial charge in [0, 0.05) is 0 Å². The van der Waals surface area contributed by atoms with Gasteiger partial charge in [0.05, 0.1) is 0 Å². The largest absolute Gasteiger partial charge is 0.228 e. The number of benzene rings is 2. The molecule has 15 heavy (non-hydrogen) atoms. The summed E-state index contributed by atoms with van der Waals surface area (Å²) in [5.74, 6) is 0. The number of hydrogen-bond donors (Lipinski definition) is 0. The van der Waals surface area contributed by atoms with Crippen molar-refractivity contribution in [1.29, 1.82) is 0 Å². The van der Waals surface area contributed by atoms with Gasteiger partial charge in [-0.3, -0.25) is 0 Å². The minimum Gasteiger partial charge on any atom is -0.228 e. The molecule has 0 fully saturated rings. The first kappa shape index (κ1) is 10.2. The van der Waals surface area contributed by atoms with E-state index in [2.05, 4.69) is 12.1 Å². The van der Waals surface area contributed by atoms with Crippen LogP contribution in [0.15, 0.2) is 42.5 Å². The van der Waals surface area contributed by atoms with E-state index in [0.717, 1.165) is 23.8 Å². The third kappa shape index (κ3) is 2.18. The number of rotatable bonds is 3. The van der Waals surface area contributed by atoms with Gasteiger partial charge in [-0.25, -0.2) is 5.11 Å². The SMILES string of the molecule is CCCC([O])c1ccc2ccccc2c1. The first-order valence-corrected chi connectivity index (χ1v) is 5.46. The highest BCUT2D eigenvalue weighted by atomic mass is 16.3. The van der Waals surface area contributed by atoms with Gasteiger partial charge in [0.25, 0.3) is 0 Å². The van der Waals surface area contributed by atoms with Crippen molar-refractivity contribution >= 4 is 10.8 Å². The summed E-state index contributed by atoms with van der Waals surface area (Å²) >= 11 is 0. The topological polar surface area (TPSA) is 19.9 Å². The lowest BCUT2D eigenvalue weighted by Crippen LogP contribution is -1.94. The Morgan fingerprint density at radius 3 is 2.53 bits per heavy atom. The van der Waals surface area contributed by atoms with Crippen LogP contribution in [-0.4, -0.2) is 0 Å². The molecular formula is C14H15O. The predicted molar refractivity (Wildman–Crippen MR) is 62.3 cm³/mol. The lowest BCUT2D eigenvalue weighted by atomic mass is 10.0. The van der Waals surface area contributed by atoms with Gasteiger partial charge in [0.15, 0.2) is 0 Å². The molecule has 1 heteroatoms. The van der Waals surface area contributed by atoms with Crippen LogP contribution in [0.1, 0.15) is 31.4 Å². The lowest BCUT2D eigenvalue weighted by Gasteiger charge is -2.08. The van der Waals surface area contributed by atoms with Crippen LogP contribution in [-0.2, 0) is 5.11 Å². The molecule has 0 aliphatic carbocycles. The van der Waals surface area contributed by atoms with Gasteiger partial charge < -0.3 is 0 Å². The fourth-order valence-corrected chi connectivity index (χ4v) is 1.84. The van der Waals surface area contributed by atoms with Crippen molar-refractivity contribution in [3.8, 4) is 0 Å². The summed E-state index contributed by atoms with van der Waals surface area (Å²) in [4.78, 5) is 0. The second-order valence-corrected chi connectivity index (χ2v) is 3.88. The average molecular weight is 199 g/mol. The first-order valence-electron chi connectivity index (χ1n) is 5.46. The van der Waals surface area contributed by atoms with Crippen LogP contribution >= 0.6 is 0 Å². The maximum Gasteiger partial charge on any atom is 0.118 e. The van der Waals surface area contributed by atoms with E-state index < -0.39 is 6.10 Å². The highest BCUT2D eigenvalue weighted by Gasteiger charge is 2.08. The third-order valence-electron chi connectivity index (χ3n) is 2.70. The van der Waals surface area contributed by atoms with Crippen LogP contribution in [0, 0.1) is 0 Å². The minimum atomic E-state index is -0.570. The fraction of sp³-hybridized carbons (Fsp3) is 0.286. The molecule has 0 aliphatic heterocycles. The normalized spacial score (nSPS) is 12.9. The molecule has 1 atom stereocenters. The molecule has 2 rings (SSSR count). The molecule has 0 bridgehead atoms. The molecule has 1 unspecified atom stereocenters. The molecule has 0 saturated heterocycles. The summed E-state index contributed by atoms with van der Waals surface area (Å²) < 4.78 is 0. The van der Waals surface area contributed by atoms with Gasteiger partial charge in [-0.15, -0.1) is 0 Å². The van der Waals surface area contributed by atoms with E-state index in [1.165, 1.54) is 5.39 Å². The Morgan fingerprint density at radius 1 is 1.07 bits per heavy atom. The fourth-order valence-electron chi connectivity index (χ4n) is 1.84. The van der Waals surface area contributed by atoms with Crippen molar-refractivity contribution in [3.05, 3.63) is 48.0 Å². The molecule has 2 aromatic rings. The number of fused-ring (bicyclic) bond motifs is 1. The van der Waals surface area contributed by atoms with Crippen molar-refractivity contribution in [2.45, 2.75) is 25.9 Å². The Bertz CT molecular complexity index is 448. The van der Waals surface area contributed by atoms with E-state index in [0.29, 0.717) is 0 Å². The smallest absolute Gasteiger partial charge is 0.118 e. The average Bonchev–Trinajstić information content (AvgIpc) is 2.29. The van der Waals surface area contributed by atoms with Gasteiger partial charge in [-0.2, -0.15) is 0 Å². The lowest BCUT2D eigenvalue weighted by molar-refractivity contribution is 0.0806. The first-order chi connectivity index (χ1) is 7.31. The summed E-state index contributed by atoms with van der Waals surface area (Å²) in [5.41, 5.74) is 0.913. The van der Waals surface area contributed by atoms with Crippen LogP contribution in [0.5, 0.6) is 0 Å². The maximum absolute atomic E-state index is 11.8. The van der Waals surface area contributed by atoms with Crippen LogP contribution < -0.4 is 0 Å². The van der Waals surface area contributed by atoms with Crippen molar-refractivity contribution in [2.75, 3.05) is 0 Å². The van der Waals surface area contributed by atoms with Crippen LogP contribution in [0.25, 0.3) is 10.8 Å². The van der Waals surface area contributed by atoms with Gasteiger partial charge in [0.2, 0.25) is 0 Å². The van der Waals surface area contributed by atoms with Crippen molar-refractivity contribution in [1.82, 2.24) is 0 Å². The van der Waals surface area contributed by atoms with E-state index in [-0.39, 0.29) is 0 Å². The molecule has 0 spiro atoms. The third-order valence-corrected chi connectivity index (χ3v) is 2.70. The second-order valence-electron chi connectivity index (χ2n) is 3.88. The summed E-state index contributed by atoms with van der Waals surface area (Å²) in [7, 11) is 0. The number of hydrogen-bond acceptors (Lipinski definition) is 0. The summed E-state index contributed by atoms with van der Waals surface area (Å²) in [6.07, 6.45) is 1.10. The van der Waals surface area contributed by atoms with Gasteiger partial charge >= 0.3 is 0 Å². The van der Waals surface area contributed by atoms with Crippen LogP contribution in [0.4, 0.5) is 0 Å². The molecule has 2 aromatic carbocycles. The molecule has 1 radical (unpaired) electrons. The Kier molecular flexibility index (Phi) is 3.02. The van der Waals surface area contributed by atoms with Gasteiger partial charge in [0.1, 0.15) is 6.10 Å². The van der Waals surface area contributed by atoms with E-state index in [1.807, 2.05) is 37.3 Å². The minimum absolute atomic E-state index is 0.570. The van der Waals surface area contributed by atoms with Crippen molar-refractivity contribution < 1.29 is 5.11 Å². The molecule has 77 valence electrons. The quantitative estimate of drug-likeness (QED) is 0.709. The standard InChI is InChI=1S/C14H15O/c1-2-5-14(15)13-9-8-11-6-3-4-7-12(11)10-13/h3-4,6-10,14H,2,5H2,1H3. The molecule has 0 aliphatic rings. The molecule has 1 nitrogen and oxygen atoms in total. The summed E-state index contributed by atoms with van der Waals surface area (Å²) in [6.45, 7) is 2.05. The van der Waals surface area contributed by atoms with E-state index >= 15 is 0 Å². The van der Waals surface area contributed by atoms with E-state index in [9.17, 15) is 5.11 Å². The molecule has 0 N–H and O–H groups in total. The monoisotopic (exact) mass is 199 g/mol. The second kappa shape index (κ2) is 4.45. The molecule has 0 amide bonds. The van der Waals surface area contributed by atoms with Crippen LogP contribution in [0.3, 0.4) is 0 Å². The molecule has 0 aromatic heterocycles. The maximum atomic E-state index is 11.8. The summed E-state index contributed by atoms with van der Waals surface area (Å²) in [5, 5.41) is 14.1. The highest BCUT2D eigenvalue weighted by molar-refractivity contribution is 5.83. The molecule has 0 heterocycles. The zero-order valence-electron chi connectivity index (χ0n) is 8.94. The van der Waals surface area contributed by atoms with Crippen molar-refractivity contribution in [3.63, 3.8) is 0 Å². The van der Waals surface area contributed by atoms with E-state index in [1.54, 1.807) is 0 Å².